The van der Waals surface area contributed by atoms with Crippen LogP contribution in [0, 0.1) is 5.92 Å². The summed E-state index contributed by atoms with van der Waals surface area (Å²) >= 11 is 11.8. The first-order chi connectivity index (χ1) is 9.79. The van der Waals surface area contributed by atoms with E-state index >= 15 is 0 Å². The summed E-state index contributed by atoms with van der Waals surface area (Å²) < 4.78 is 22.7. The van der Waals surface area contributed by atoms with Crippen molar-refractivity contribution in [2.75, 3.05) is 6.54 Å². The summed E-state index contributed by atoms with van der Waals surface area (Å²) in [6, 6.07) is 2.26. The molecule has 8 heteroatoms. The maximum atomic E-state index is 12.2. The second-order valence-corrected chi connectivity index (χ2v) is 8.42. The van der Waals surface area contributed by atoms with Gasteiger partial charge in [-0.15, -0.1) is 0 Å². The molecule has 0 aromatic heterocycles. The molecule has 0 bridgehead atoms. The van der Waals surface area contributed by atoms with Crippen molar-refractivity contribution in [1.29, 1.82) is 0 Å². The van der Waals surface area contributed by atoms with Gasteiger partial charge in [-0.05, 0) is 30.9 Å². The zero-order valence-corrected chi connectivity index (χ0v) is 14.1. The van der Waals surface area contributed by atoms with Gasteiger partial charge in [0.15, 0.2) is 0 Å². The van der Waals surface area contributed by atoms with E-state index in [2.05, 4.69) is 5.32 Å². The molecule has 1 amide bonds. The minimum Gasteiger partial charge on any atom is -0.352 e. The molecule has 0 atom stereocenters. The molecule has 1 aliphatic rings. The van der Waals surface area contributed by atoms with E-state index in [9.17, 15) is 13.2 Å². The number of amides is 1. The highest BCUT2D eigenvalue weighted by Gasteiger charge is 2.21. The second-order valence-electron chi connectivity index (χ2n) is 5.06. The molecule has 1 N–H and O–H groups in total. The van der Waals surface area contributed by atoms with E-state index in [1.807, 2.05) is 0 Å². The second kappa shape index (κ2) is 6.73. The zero-order chi connectivity index (χ0) is 15.6. The van der Waals surface area contributed by atoms with Gasteiger partial charge in [0.05, 0.1) is 20.5 Å². The number of carbonyl (C=O) groups is 1. The van der Waals surface area contributed by atoms with Crippen LogP contribution in [0.5, 0.6) is 0 Å². The van der Waals surface area contributed by atoms with Crippen LogP contribution < -0.4 is 5.32 Å². The fraction of sp³-hybridized carbons (Fsp3) is 0.462. The highest BCUT2D eigenvalue weighted by Crippen LogP contribution is 2.31. The Labute approximate surface area is 138 Å². The maximum absolute atomic E-state index is 12.2. The lowest BCUT2D eigenvalue weighted by Crippen LogP contribution is -2.28. The Morgan fingerprint density at radius 3 is 2.43 bits per heavy atom. The molecule has 21 heavy (non-hydrogen) atoms. The number of halogens is 3. The molecule has 4 nitrogen and oxygen atoms in total. The van der Waals surface area contributed by atoms with Gasteiger partial charge >= 0.3 is 0 Å². The van der Waals surface area contributed by atoms with Crippen molar-refractivity contribution in [3.8, 4) is 0 Å². The van der Waals surface area contributed by atoms with Crippen molar-refractivity contribution < 1.29 is 13.2 Å². The van der Waals surface area contributed by atoms with Gasteiger partial charge in [0.1, 0.15) is 0 Å². The topological polar surface area (TPSA) is 63.2 Å². The highest BCUT2D eigenvalue weighted by atomic mass is 35.7. The molecule has 116 valence electrons. The first-order valence-corrected chi connectivity index (χ1v) is 9.57. The summed E-state index contributed by atoms with van der Waals surface area (Å²) in [6.45, 7) is 0.546. The SMILES string of the molecule is O=C(NCC1CCCC1)c1cc(S(=O)(=O)Cl)cc(Cl)c1Cl. The molecule has 0 saturated heterocycles. The predicted molar refractivity (Wildman–Crippen MR) is 83.8 cm³/mol. The summed E-state index contributed by atoms with van der Waals surface area (Å²) in [7, 11) is 1.30. The number of nitrogens with one attached hydrogen (secondary N) is 1. The molecular formula is C13H14Cl3NO3S. The van der Waals surface area contributed by atoms with E-state index < -0.39 is 15.0 Å². The summed E-state index contributed by atoms with van der Waals surface area (Å²) in [5.41, 5.74) is 0.0152. The zero-order valence-electron chi connectivity index (χ0n) is 11.0. The Hall–Kier alpha value is -0.490. The van der Waals surface area contributed by atoms with Crippen molar-refractivity contribution in [1.82, 2.24) is 5.32 Å². The molecule has 2 rings (SSSR count). The van der Waals surface area contributed by atoms with Crippen LogP contribution in [0.25, 0.3) is 0 Å². The standard InChI is InChI=1S/C13H14Cl3NO3S/c14-11-6-9(21(16,19)20)5-10(12(11)15)13(18)17-7-8-3-1-2-4-8/h5-6,8H,1-4,7H2,(H,17,18). The Kier molecular flexibility index (Phi) is 5.41. The van der Waals surface area contributed by atoms with Crippen molar-refractivity contribution in [2.45, 2.75) is 30.6 Å². The molecule has 1 aromatic rings. The molecule has 0 unspecified atom stereocenters. The fourth-order valence-corrected chi connectivity index (χ4v) is 3.68. The van der Waals surface area contributed by atoms with E-state index in [0.29, 0.717) is 12.5 Å². The van der Waals surface area contributed by atoms with E-state index in [1.54, 1.807) is 0 Å². The van der Waals surface area contributed by atoms with Gasteiger partial charge in [-0.25, -0.2) is 8.42 Å². The number of carbonyl (C=O) groups excluding carboxylic acids is 1. The summed E-state index contributed by atoms with van der Waals surface area (Å²) in [6.07, 6.45) is 4.52. The van der Waals surface area contributed by atoms with Crippen LogP contribution in [-0.2, 0) is 9.05 Å². The van der Waals surface area contributed by atoms with Gasteiger partial charge in [-0.2, -0.15) is 0 Å². The molecule has 0 heterocycles. The Morgan fingerprint density at radius 1 is 1.24 bits per heavy atom. The lowest BCUT2D eigenvalue weighted by atomic mass is 10.1. The monoisotopic (exact) mass is 369 g/mol. The Balaban J connectivity index is 2.21. The van der Waals surface area contributed by atoms with E-state index in [0.717, 1.165) is 25.0 Å². The van der Waals surface area contributed by atoms with Gasteiger partial charge in [-0.3, -0.25) is 4.79 Å². The average Bonchev–Trinajstić information content (AvgIpc) is 2.91. The smallest absolute Gasteiger partial charge is 0.261 e. The summed E-state index contributed by atoms with van der Waals surface area (Å²) in [5, 5.41) is 2.76. The first kappa shape index (κ1) is 16.9. The highest BCUT2D eigenvalue weighted by molar-refractivity contribution is 8.13. The number of benzene rings is 1. The summed E-state index contributed by atoms with van der Waals surface area (Å²) in [5.74, 6) is 0.0131. The minimum atomic E-state index is -3.98. The van der Waals surface area contributed by atoms with E-state index in [-0.39, 0.29) is 20.5 Å². The van der Waals surface area contributed by atoms with Crippen LogP contribution in [0.1, 0.15) is 36.0 Å². The number of hydrogen-bond acceptors (Lipinski definition) is 3. The third kappa shape index (κ3) is 4.25. The third-order valence-corrected chi connectivity index (χ3v) is 5.69. The van der Waals surface area contributed by atoms with Gasteiger partial charge in [0.2, 0.25) is 0 Å². The Bertz CT molecular complexity index is 655. The van der Waals surface area contributed by atoms with Crippen molar-refractivity contribution >= 4 is 48.8 Å². The molecular weight excluding hydrogens is 357 g/mol. The van der Waals surface area contributed by atoms with Crippen molar-refractivity contribution in [2.24, 2.45) is 5.92 Å². The third-order valence-electron chi connectivity index (χ3n) is 3.55. The van der Waals surface area contributed by atoms with Crippen molar-refractivity contribution in [3.05, 3.63) is 27.7 Å². The average molecular weight is 371 g/mol. The summed E-state index contributed by atoms with van der Waals surface area (Å²) in [4.78, 5) is 11.9. The van der Waals surface area contributed by atoms with E-state index in [4.69, 9.17) is 33.9 Å². The van der Waals surface area contributed by atoms with Crippen LogP contribution in [0.3, 0.4) is 0 Å². The largest absolute Gasteiger partial charge is 0.352 e. The number of hydrogen-bond donors (Lipinski definition) is 1. The van der Waals surface area contributed by atoms with E-state index in [1.165, 1.54) is 12.8 Å². The van der Waals surface area contributed by atoms with Crippen LogP contribution in [0.4, 0.5) is 0 Å². The van der Waals surface area contributed by atoms with Crippen LogP contribution in [0.15, 0.2) is 17.0 Å². The van der Waals surface area contributed by atoms with Gasteiger partial charge in [0.25, 0.3) is 15.0 Å². The lowest BCUT2D eigenvalue weighted by Gasteiger charge is -2.12. The molecule has 0 spiro atoms. The molecule has 1 aromatic carbocycles. The normalized spacial score (nSPS) is 16.1. The van der Waals surface area contributed by atoms with Gasteiger partial charge < -0.3 is 5.32 Å². The fourth-order valence-electron chi connectivity index (χ4n) is 2.42. The van der Waals surface area contributed by atoms with Crippen LogP contribution >= 0.6 is 33.9 Å². The lowest BCUT2D eigenvalue weighted by molar-refractivity contribution is 0.0947. The maximum Gasteiger partial charge on any atom is 0.261 e. The number of rotatable bonds is 4. The van der Waals surface area contributed by atoms with Crippen LogP contribution in [-0.4, -0.2) is 20.9 Å². The minimum absolute atomic E-state index is 0.0152. The van der Waals surface area contributed by atoms with Gasteiger partial charge in [-0.1, -0.05) is 36.0 Å². The predicted octanol–water partition coefficient (Wildman–Crippen LogP) is 3.84. The molecule has 0 aliphatic heterocycles. The van der Waals surface area contributed by atoms with Crippen molar-refractivity contribution in [3.63, 3.8) is 0 Å². The van der Waals surface area contributed by atoms with Gasteiger partial charge in [0, 0.05) is 17.2 Å². The quantitative estimate of drug-likeness (QED) is 0.819. The van der Waals surface area contributed by atoms with Crippen LogP contribution in [0.2, 0.25) is 10.0 Å². The Morgan fingerprint density at radius 2 is 1.86 bits per heavy atom. The molecule has 1 saturated carbocycles. The molecule has 0 radical (unpaired) electrons. The molecule has 1 fully saturated rings. The first-order valence-electron chi connectivity index (χ1n) is 6.51. The molecule has 1 aliphatic carbocycles.